The van der Waals surface area contributed by atoms with Crippen LogP contribution in [0.2, 0.25) is 0 Å². The largest absolute Gasteiger partial charge is 0.496 e. The van der Waals surface area contributed by atoms with Crippen molar-refractivity contribution in [3.05, 3.63) is 87.9 Å². The number of aromatic nitrogens is 2. The van der Waals surface area contributed by atoms with Crippen LogP contribution in [-0.2, 0) is 4.79 Å². The number of carbonyl (C=O) groups excluding carboxylic acids is 1. The first-order valence-corrected chi connectivity index (χ1v) is 12.0. The van der Waals surface area contributed by atoms with Crippen molar-refractivity contribution in [1.82, 2.24) is 15.1 Å². The minimum Gasteiger partial charge on any atom is -0.496 e. The van der Waals surface area contributed by atoms with Gasteiger partial charge in [-0.15, -0.1) is 0 Å². The highest BCUT2D eigenvalue weighted by Crippen LogP contribution is 2.30. The number of hydrogen-bond donors (Lipinski definition) is 1. The summed E-state index contributed by atoms with van der Waals surface area (Å²) in [5.41, 5.74) is 3.66. The summed E-state index contributed by atoms with van der Waals surface area (Å²) in [6.07, 6.45) is 8.96. The van der Waals surface area contributed by atoms with Gasteiger partial charge in [0.15, 0.2) is 0 Å². The molecule has 3 rings (SSSR count). The number of allylic oxidation sites excluding steroid dienone is 2. The zero-order valence-electron chi connectivity index (χ0n) is 19.8. The summed E-state index contributed by atoms with van der Waals surface area (Å²) in [7, 11) is 1.62. The minimum atomic E-state index is -0.314. The van der Waals surface area contributed by atoms with E-state index in [0.29, 0.717) is 29.0 Å². The average Bonchev–Trinajstić information content (AvgIpc) is 3.25. The van der Waals surface area contributed by atoms with E-state index in [4.69, 9.17) is 4.74 Å². The van der Waals surface area contributed by atoms with Gasteiger partial charge in [0, 0.05) is 11.1 Å². The fourth-order valence-corrected chi connectivity index (χ4v) is 4.11. The zero-order valence-corrected chi connectivity index (χ0v) is 21.4. The van der Waals surface area contributed by atoms with Crippen molar-refractivity contribution in [2.24, 2.45) is 0 Å². The van der Waals surface area contributed by atoms with E-state index >= 15 is 0 Å². The predicted octanol–water partition coefficient (Wildman–Crippen LogP) is 6.88. The predicted molar refractivity (Wildman–Crippen MR) is 138 cm³/mol. The lowest BCUT2D eigenvalue weighted by molar-refractivity contribution is -0.116. The van der Waals surface area contributed by atoms with Crippen LogP contribution in [0.3, 0.4) is 0 Å². The SMILES string of the molecule is C/C=C(/C(=O)NC(CC)c1ccc(Br)c(OC)c1)c1cnn(-c2ccc(F)cc2)c1C=CCC. The van der Waals surface area contributed by atoms with Crippen molar-refractivity contribution in [3.63, 3.8) is 0 Å². The number of carbonyl (C=O) groups is 1. The van der Waals surface area contributed by atoms with Crippen LogP contribution in [0, 0.1) is 5.82 Å². The lowest BCUT2D eigenvalue weighted by Crippen LogP contribution is -2.29. The third-order valence-electron chi connectivity index (χ3n) is 5.50. The molecule has 34 heavy (non-hydrogen) atoms. The molecule has 0 spiro atoms. The van der Waals surface area contributed by atoms with E-state index in [1.165, 1.54) is 12.1 Å². The van der Waals surface area contributed by atoms with Gasteiger partial charge in [0.25, 0.3) is 5.91 Å². The summed E-state index contributed by atoms with van der Waals surface area (Å²) in [6, 6.07) is 11.7. The molecule has 0 aliphatic rings. The Hall–Kier alpha value is -3.19. The number of benzene rings is 2. The molecule has 7 heteroatoms. The average molecular weight is 526 g/mol. The van der Waals surface area contributed by atoms with Gasteiger partial charge in [0.2, 0.25) is 0 Å². The summed E-state index contributed by atoms with van der Waals surface area (Å²) >= 11 is 3.47. The number of amides is 1. The molecule has 3 aromatic rings. The van der Waals surface area contributed by atoms with E-state index in [9.17, 15) is 9.18 Å². The number of rotatable bonds is 9. The molecule has 1 unspecified atom stereocenters. The molecule has 0 bridgehead atoms. The van der Waals surface area contributed by atoms with Crippen LogP contribution in [0.4, 0.5) is 4.39 Å². The van der Waals surface area contributed by atoms with E-state index in [1.54, 1.807) is 36.2 Å². The van der Waals surface area contributed by atoms with Gasteiger partial charge >= 0.3 is 0 Å². The summed E-state index contributed by atoms with van der Waals surface area (Å²) in [4.78, 5) is 13.4. The Morgan fingerprint density at radius 2 is 1.97 bits per heavy atom. The molecule has 0 saturated carbocycles. The van der Waals surface area contributed by atoms with Gasteiger partial charge < -0.3 is 10.1 Å². The molecular weight excluding hydrogens is 497 g/mol. The Kier molecular flexibility index (Phi) is 8.82. The second-order valence-corrected chi connectivity index (χ2v) is 8.53. The molecule has 0 aliphatic heterocycles. The number of nitrogens with one attached hydrogen (secondary N) is 1. The van der Waals surface area contributed by atoms with E-state index in [-0.39, 0.29) is 17.8 Å². The highest BCUT2D eigenvalue weighted by atomic mass is 79.9. The first-order valence-electron chi connectivity index (χ1n) is 11.2. The van der Waals surface area contributed by atoms with Gasteiger partial charge in [-0.1, -0.05) is 32.1 Å². The molecular formula is C27H29BrFN3O2. The first kappa shape index (κ1) is 25.4. The van der Waals surface area contributed by atoms with Crippen LogP contribution < -0.4 is 10.1 Å². The summed E-state index contributed by atoms with van der Waals surface area (Å²) in [5, 5.41) is 7.66. The number of ether oxygens (including phenoxy) is 1. The van der Waals surface area contributed by atoms with Crippen molar-refractivity contribution in [3.8, 4) is 11.4 Å². The third kappa shape index (κ3) is 5.65. The molecule has 0 fully saturated rings. The molecule has 1 heterocycles. The van der Waals surface area contributed by atoms with Crippen LogP contribution in [-0.4, -0.2) is 22.8 Å². The molecule has 2 aromatic carbocycles. The second kappa shape index (κ2) is 11.8. The molecule has 5 nitrogen and oxygen atoms in total. The topological polar surface area (TPSA) is 56.1 Å². The van der Waals surface area contributed by atoms with Gasteiger partial charge in [0.1, 0.15) is 11.6 Å². The maximum absolute atomic E-state index is 13.4. The Morgan fingerprint density at radius 1 is 1.24 bits per heavy atom. The first-order chi connectivity index (χ1) is 16.4. The van der Waals surface area contributed by atoms with Crippen LogP contribution in [0.15, 0.2) is 65.3 Å². The van der Waals surface area contributed by atoms with Crippen molar-refractivity contribution >= 4 is 33.5 Å². The fraction of sp³-hybridized carbons (Fsp3) is 0.259. The number of methoxy groups -OCH3 is 1. The van der Waals surface area contributed by atoms with Crippen molar-refractivity contribution in [2.45, 2.75) is 39.7 Å². The van der Waals surface area contributed by atoms with Crippen molar-refractivity contribution in [1.29, 1.82) is 0 Å². The number of halogens is 2. The molecule has 178 valence electrons. The molecule has 0 aliphatic carbocycles. The Bertz CT molecular complexity index is 1200. The molecule has 1 N–H and O–H groups in total. The molecule has 1 atom stereocenters. The second-order valence-electron chi connectivity index (χ2n) is 7.67. The quantitative estimate of drug-likeness (QED) is 0.310. The van der Waals surface area contributed by atoms with Gasteiger partial charge in [-0.2, -0.15) is 5.10 Å². The van der Waals surface area contributed by atoms with Gasteiger partial charge in [0.05, 0.1) is 35.2 Å². The van der Waals surface area contributed by atoms with Crippen LogP contribution >= 0.6 is 15.9 Å². The highest BCUT2D eigenvalue weighted by molar-refractivity contribution is 9.10. The summed E-state index contributed by atoms with van der Waals surface area (Å²) < 4.78 is 21.4. The smallest absolute Gasteiger partial charge is 0.252 e. The Morgan fingerprint density at radius 3 is 2.59 bits per heavy atom. The highest BCUT2D eigenvalue weighted by Gasteiger charge is 2.22. The lowest BCUT2D eigenvalue weighted by atomic mass is 10.0. The van der Waals surface area contributed by atoms with Gasteiger partial charge in [-0.25, -0.2) is 9.07 Å². The van der Waals surface area contributed by atoms with Crippen molar-refractivity contribution < 1.29 is 13.9 Å². The van der Waals surface area contributed by atoms with Gasteiger partial charge in [-0.3, -0.25) is 4.79 Å². The van der Waals surface area contributed by atoms with E-state index in [2.05, 4.69) is 26.3 Å². The van der Waals surface area contributed by atoms with Gasteiger partial charge in [-0.05, 0) is 83.7 Å². The van der Waals surface area contributed by atoms with E-state index in [0.717, 1.165) is 22.2 Å². The minimum absolute atomic E-state index is 0.189. The fourth-order valence-electron chi connectivity index (χ4n) is 3.70. The zero-order chi connectivity index (χ0) is 24.7. The number of hydrogen-bond acceptors (Lipinski definition) is 3. The monoisotopic (exact) mass is 525 g/mol. The van der Waals surface area contributed by atoms with Crippen LogP contribution in [0.5, 0.6) is 5.75 Å². The van der Waals surface area contributed by atoms with E-state index < -0.39 is 0 Å². The lowest BCUT2D eigenvalue weighted by Gasteiger charge is -2.20. The standard InChI is InChI=1S/C27H29BrFN3O2/c1-5-8-9-25-22(17-30-32(25)20-13-11-19(29)12-14-20)21(6-2)27(33)31-24(7-3)18-10-15-23(28)26(16-18)34-4/h6,8-17,24H,5,7H2,1-4H3,(H,31,33)/b9-8?,21-6+. The third-order valence-corrected chi connectivity index (χ3v) is 6.16. The molecule has 0 saturated heterocycles. The Balaban J connectivity index is 1.95. The maximum Gasteiger partial charge on any atom is 0.252 e. The summed E-state index contributed by atoms with van der Waals surface area (Å²) in [5.74, 6) is 0.204. The number of nitrogens with zero attached hydrogens (tertiary/aromatic N) is 2. The van der Waals surface area contributed by atoms with Crippen LogP contribution in [0.1, 0.15) is 56.5 Å². The maximum atomic E-state index is 13.4. The van der Waals surface area contributed by atoms with Crippen LogP contribution in [0.25, 0.3) is 17.3 Å². The molecule has 0 radical (unpaired) electrons. The normalized spacial score (nSPS) is 12.7. The Labute approximate surface area is 208 Å². The van der Waals surface area contributed by atoms with E-state index in [1.807, 2.05) is 51.1 Å². The molecule has 1 amide bonds. The summed E-state index contributed by atoms with van der Waals surface area (Å²) in [6.45, 7) is 5.90. The van der Waals surface area contributed by atoms with Crippen molar-refractivity contribution in [2.75, 3.05) is 7.11 Å². The molecule has 1 aromatic heterocycles.